The fourth-order valence-electron chi connectivity index (χ4n) is 1.99. The summed E-state index contributed by atoms with van der Waals surface area (Å²) in [5.74, 6) is -1.74. The van der Waals surface area contributed by atoms with Crippen molar-refractivity contribution in [3.8, 4) is 0 Å². The van der Waals surface area contributed by atoms with Crippen LogP contribution in [0.15, 0.2) is 29.6 Å². The Kier molecular flexibility index (Phi) is 5.44. The zero-order valence-corrected chi connectivity index (χ0v) is 13.6. The van der Waals surface area contributed by atoms with Crippen molar-refractivity contribution in [2.45, 2.75) is 26.3 Å². The Morgan fingerprint density at radius 2 is 1.96 bits per heavy atom. The summed E-state index contributed by atoms with van der Waals surface area (Å²) in [5, 5.41) is 11.5. The van der Waals surface area contributed by atoms with Gasteiger partial charge in [0.1, 0.15) is 18.1 Å². The van der Waals surface area contributed by atoms with Crippen molar-refractivity contribution in [2.24, 2.45) is 0 Å². The average Bonchev–Trinajstić information content (AvgIpc) is 2.97. The van der Waals surface area contributed by atoms with Crippen LogP contribution in [0.3, 0.4) is 0 Å². The van der Waals surface area contributed by atoms with Crippen molar-refractivity contribution < 1.29 is 19.1 Å². The Balaban J connectivity index is 2.20. The SMILES string of the molecule is CC(C)c1nc(C(=O)N(CC(=O)O)Cc2ccc(F)cc2)cs1. The first-order valence-electron chi connectivity index (χ1n) is 7.07. The molecule has 0 aliphatic rings. The molecule has 1 aromatic carbocycles. The summed E-state index contributed by atoms with van der Waals surface area (Å²) in [4.78, 5) is 29.0. The second-order valence-corrected chi connectivity index (χ2v) is 6.30. The lowest BCUT2D eigenvalue weighted by molar-refractivity contribution is -0.137. The Bertz CT molecular complexity index is 698. The molecule has 1 heterocycles. The molecule has 0 fully saturated rings. The number of hydrogen-bond donors (Lipinski definition) is 1. The summed E-state index contributed by atoms with van der Waals surface area (Å²) < 4.78 is 13.0. The van der Waals surface area contributed by atoms with E-state index < -0.39 is 18.4 Å². The average molecular weight is 336 g/mol. The molecular formula is C16H17FN2O3S. The first kappa shape index (κ1) is 17.1. The molecule has 0 saturated carbocycles. The molecule has 0 atom stereocenters. The van der Waals surface area contributed by atoms with E-state index in [1.165, 1.54) is 40.5 Å². The van der Waals surface area contributed by atoms with Crippen molar-refractivity contribution in [2.75, 3.05) is 6.54 Å². The minimum atomic E-state index is -1.11. The minimum absolute atomic E-state index is 0.0833. The van der Waals surface area contributed by atoms with Crippen molar-refractivity contribution in [1.29, 1.82) is 0 Å². The molecule has 0 aliphatic carbocycles. The number of carboxylic acids is 1. The monoisotopic (exact) mass is 336 g/mol. The van der Waals surface area contributed by atoms with Crippen molar-refractivity contribution >= 4 is 23.2 Å². The fraction of sp³-hybridized carbons (Fsp3) is 0.312. The number of halogens is 1. The Morgan fingerprint density at radius 3 is 2.48 bits per heavy atom. The van der Waals surface area contributed by atoms with Crippen LogP contribution >= 0.6 is 11.3 Å². The number of benzene rings is 1. The van der Waals surface area contributed by atoms with Gasteiger partial charge in [-0.05, 0) is 17.7 Å². The van der Waals surface area contributed by atoms with E-state index in [0.29, 0.717) is 5.56 Å². The second kappa shape index (κ2) is 7.32. The third kappa shape index (κ3) is 4.59. The molecule has 23 heavy (non-hydrogen) atoms. The van der Waals surface area contributed by atoms with Crippen LogP contribution in [0.25, 0.3) is 0 Å². The number of aromatic nitrogens is 1. The molecule has 0 spiro atoms. The highest BCUT2D eigenvalue weighted by Gasteiger charge is 2.22. The topological polar surface area (TPSA) is 70.5 Å². The van der Waals surface area contributed by atoms with Gasteiger partial charge in [-0.1, -0.05) is 26.0 Å². The van der Waals surface area contributed by atoms with Crippen LogP contribution in [0.1, 0.15) is 40.8 Å². The van der Waals surface area contributed by atoms with Gasteiger partial charge in [0.25, 0.3) is 5.91 Å². The minimum Gasteiger partial charge on any atom is -0.480 e. The van der Waals surface area contributed by atoms with Gasteiger partial charge in [-0.15, -0.1) is 11.3 Å². The lowest BCUT2D eigenvalue weighted by Crippen LogP contribution is -2.35. The molecule has 0 aliphatic heterocycles. The summed E-state index contributed by atoms with van der Waals surface area (Å²) in [7, 11) is 0. The molecule has 7 heteroatoms. The predicted molar refractivity (Wildman–Crippen MR) is 85.0 cm³/mol. The lowest BCUT2D eigenvalue weighted by Gasteiger charge is -2.19. The molecule has 122 valence electrons. The maximum atomic E-state index is 13.0. The molecule has 2 aromatic rings. The summed E-state index contributed by atoms with van der Waals surface area (Å²) in [6.45, 7) is 3.59. The molecule has 0 unspecified atom stereocenters. The summed E-state index contributed by atoms with van der Waals surface area (Å²) in [6.07, 6.45) is 0. The largest absolute Gasteiger partial charge is 0.480 e. The number of carboxylic acid groups (broad SMARTS) is 1. The number of hydrogen-bond acceptors (Lipinski definition) is 4. The van der Waals surface area contributed by atoms with Gasteiger partial charge < -0.3 is 10.0 Å². The highest BCUT2D eigenvalue weighted by molar-refractivity contribution is 7.09. The van der Waals surface area contributed by atoms with E-state index in [-0.39, 0.29) is 24.0 Å². The van der Waals surface area contributed by atoms with E-state index in [1.807, 2.05) is 13.8 Å². The second-order valence-electron chi connectivity index (χ2n) is 5.41. The molecule has 1 amide bonds. The quantitative estimate of drug-likeness (QED) is 0.880. The first-order valence-corrected chi connectivity index (χ1v) is 7.95. The Hall–Kier alpha value is -2.28. The number of amides is 1. The highest BCUT2D eigenvalue weighted by atomic mass is 32.1. The van der Waals surface area contributed by atoms with E-state index in [0.717, 1.165) is 5.01 Å². The maximum absolute atomic E-state index is 13.0. The van der Waals surface area contributed by atoms with Gasteiger partial charge in [0.15, 0.2) is 0 Å². The first-order chi connectivity index (χ1) is 10.9. The molecular weight excluding hydrogens is 319 g/mol. The van der Waals surface area contributed by atoms with Crippen molar-refractivity contribution in [3.63, 3.8) is 0 Å². The number of thiazole rings is 1. The van der Waals surface area contributed by atoms with E-state index in [9.17, 15) is 14.0 Å². The number of rotatable bonds is 6. The summed E-state index contributed by atoms with van der Waals surface area (Å²) >= 11 is 1.37. The summed E-state index contributed by atoms with van der Waals surface area (Å²) in [6, 6.07) is 5.60. The normalized spacial score (nSPS) is 10.8. The van der Waals surface area contributed by atoms with Gasteiger partial charge >= 0.3 is 5.97 Å². The molecule has 5 nitrogen and oxygen atoms in total. The third-order valence-corrected chi connectivity index (χ3v) is 4.28. The van der Waals surface area contributed by atoms with Gasteiger partial charge in [0, 0.05) is 17.8 Å². The van der Waals surface area contributed by atoms with Gasteiger partial charge in [0.05, 0.1) is 5.01 Å². The van der Waals surface area contributed by atoms with E-state index in [4.69, 9.17) is 5.11 Å². The fourth-order valence-corrected chi connectivity index (χ4v) is 2.80. The number of carbonyl (C=O) groups is 2. The number of nitrogens with zero attached hydrogens (tertiary/aromatic N) is 2. The Morgan fingerprint density at radius 1 is 1.30 bits per heavy atom. The van der Waals surface area contributed by atoms with Crippen LogP contribution < -0.4 is 0 Å². The van der Waals surface area contributed by atoms with Crippen LogP contribution in [0, 0.1) is 5.82 Å². The number of aliphatic carboxylic acids is 1. The third-order valence-electron chi connectivity index (χ3n) is 3.13. The molecule has 0 saturated heterocycles. The highest BCUT2D eigenvalue weighted by Crippen LogP contribution is 2.20. The molecule has 1 aromatic heterocycles. The zero-order chi connectivity index (χ0) is 17.0. The van der Waals surface area contributed by atoms with Crippen LogP contribution in [0.5, 0.6) is 0 Å². The van der Waals surface area contributed by atoms with Crippen molar-refractivity contribution in [3.05, 3.63) is 51.7 Å². The van der Waals surface area contributed by atoms with Crippen molar-refractivity contribution in [1.82, 2.24) is 9.88 Å². The predicted octanol–water partition coefficient (Wildman–Crippen LogP) is 3.13. The lowest BCUT2D eigenvalue weighted by atomic mass is 10.2. The van der Waals surface area contributed by atoms with Gasteiger partial charge in [0.2, 0.25) is 0 Å². The van der Waals surface area contributed by atoms with Crippen LogP contribution in [0.2, 0.25) is 0 Å². The molecule has 0 bridgehead atoms. The van der Waals surface area contributed by atoms with E-state index in [1.54, 1.807) is 5.38 Å². The van der Waals surface area contributed by atoms with Gasteiger partial charge in [-0.2, -0.15) is 0 Å². The smallest absolute Gasteiger partial charge is 0.323 e. The summed E-state index contributed by atoms with van der Waals surface area (Å²) in [5.41, 5.74) is 0.891. The molecule has 0 radical (unpaired) electrons. The maximum Gasteiger partial charge on any atom is 0.323 e. The van der Waals surface area contributed by atoms with E-state index >= 15 is 0 Å². The zero-order valence-electron chi connectivity index (χ0n) is 12.8. The van der Waals surface area contributed by atoms with Gasteiger partial charge in [-0.25, -0.2) is 9.37 Å². The standard InChI is InChI=1S/C16H17FN2O3S/c1-10(2)15-18-13(9-23-15)16(22)19(8-14(20)21)7-11-3-5-12(17)6-4-11/h3-6,9-10H,7-8H2,1-2H3,(H,20,21). The number of carbonyl (C=O) groups excluding carboxylic acids is 1. The van der Waals surface area contributed by atoms with Gasteiger partial charge in [-0.3, -0.25) is 9.59 Å². The van der Waals surface area contributed by atoms with Crippen LogP contribution in [-0.4, -0.2) is 33.4 Å². The van der Waals surface area contributed by atoms with Crippen LogP contribution in [0.4, 0.5) is 4.39 Å². The van der Waals surface area contributed by atoms with Crippen LogP contribution in [-0.2, 0) is 11.3 Å². The van der Waals surface area contributed by atoms with E-state index in [2.05, 4.69) is 4.98 Å². The Labute approximate surface area is 137 Å². The molecule has 1 N–H and O–H groups in total. The molecule has 2 rings (SSSR count).